The van der Waals surface area contributed by atoms with Crippen molar-refractivity contribution in [1.29, 1.82) is 0 Å². The molecule has 0 spiro atoms. The van der Waals surface area contributed by atoms with Crippen molar-refractivity contribution in [3.05, 3.63) is 11.8 Å². The Morgan fingerprint density at radius 1 is 1.50 bits per heavy atom. The molecule has 0 radical (unpaired) electrons. The van der Waals surface area contributed by atoms with Gasteiger partial charge in [-0.2, -0.15) is 0 Å². The van der Waals surface area contributed by atoms with Gasteiger partial charge in [0, 0.05) is 19.6 Å². The van der Waals surface area contributed by atoms with Crippen molar-refractivity contribution < 1.29 is 9.15 Å². The predicted molar refractivity (Wildman–Crippen MR) is 59.1 cm³/mol. The number of aromatic nitrogens is 2. The van der Waals surface area contributed by atoms with Crippen molar-refractivity contribution >= 4 is 0 Å². The summed E-state index contributed by atoms with van der Waals surface area (Å²) in [6, 6.07) is 0.770. The van der Waals surface area contributed by atoms with Gasteiger partial charge < -0.3 is 14.5 Å². The van der Waals surface area contributed by atoms with Gasteiger partial charge in [-0.15, -0.1) is 10.2 Å². The van der Waals surface area contributed by atoms with Gasteiger partial charge in [0.1, 0.15) is 6.10 Å². The van der Waals surface area contributed by atoms with Gasteiger partial charge in [0.25, 0.3) is 0 Å². The fraction of sp³-hybridized carbons (Fsp3) is 0.818. The number of rotatable bonds is 7. The van der Waals surface area contributed by atoms with Crippen LogP contribution in [0.2, 0.25) is 0 Å². The Balaban J connectivity index is 1.69. The molecule has 0 aliphatic heterocycles. The maximum Gasteiger partial charge on any atom is 0.244 e. The Morgan fingerprint density at radius 3 is 3.00 bits per heavy atom. The molecule has 1 N–H and O–H groups in total. The summed E-state index contributed by atoms with van der Waals surface area (Å²) in [5.41, 5.74) is 0. The first-order valence-corrected chi connectivity index (χ1v) is 5.88. The first kappa shape index (κ1) is 11.5. The van der Waals surface area contributed by atoms with E-state index in [0.717, 1.165) is 25.4 Å². The fourth-order valence-corrected chi connectivity index (χ4v) is 1.47. The second-order valence-corrected chi connectivity index (χ2v) is 4.24. The minimum Gasteiger partial charge on any atom is -0.422 e. The van der Waals surface area contributed by atoms with Crippen LogP contribution in [0.3, 0.4) is 0 Å². The molecule has 5 nitrogen and oxygen atoms in total. The fourth-order valence-electron chi connectivity index (χ4n) is 1.47. The molecule has 1 atom stereocenters. The molecule has 1 aliphatic carbocycles. The normalized spacial score (nSPS) is 17.6. The van der Waals surface area contributed by atoms with Gasteiger partial charge >= 0.3 is 0 Å². The standard InChI is InChI=1S/C11H19N3O2/c1-8(15-2)11-14-13-10(16-11)4-3-7-12-9-5-6-9/h8-9,12H,3-7H2,1-2H3. The second kappa shape index (κ2) is 5.41. The number of ether oxygens (including phenoxy) is 1. The van der Waals surface area contributed by atoms with Crippen LogP contribution in [0, 0.1) is 0 Å². The van der Waals surface area contributed by atoms with Crippen molar-refractivity contribution in [3.63, 3.8) is 0 Å². The Morgan fingerprint density at radius 2 is 2.31 bits per heavy atom. The van der Waals surface area contributed by atoms with E-state index in [9.17, 15) is 0 Å². The molecule has 1 saturated carbocycles. The number of nitrogens with one attached hydrogen (secondary N) is 1. The van der Waals surface area contributed by atoms with Crippen LogP contribution in [0.25, 0.3) is 0 Å². The molecule has 0 amide bonds. The highest BCUT2D eigenvalue weighted by Crippen LogP contribution is 2.18. The molecule has 90 valence electrons. The molecule has 1 aromatic rings. The van der Waals surface area contributed by atoms with Gasteiger partial charge in [0.2, 0.25) is 11.8 Å². The van der Waals surface area contributed by atoms with Gasteiger partial charge in [0.05, 0.1) is 0 Å². The van der Waals surface area contributed by atoms with E-state index in [1.54, 1.807) is 7.11 Å². The summed E-state index contributed by atoms with van der Waals surface area (Å²) in [7, 11) is 1.63. The molecule has 2 rings (SSSR count). The van der Waals surface area contributed by atoms with Crippen molar-refractivity contribution in [2.75, 3.05) is 13.7 Å². The average molecular weight is 225 g/mol. The predicted octanol–water partition coefficient (Wildman–Crippen LogP) is 1.46. The molecule has 1 heterocycles. The largest absolute Gasteiger partial charge is 0.422 e. The third-order valence-electron chi connectivity index (χ3n) is 2.76. The van der Waals surface area contributed by atoms with Gasteiger partial charge in [-0.1, -0.05) is 0 Å². The molecule has 1 unspecified atom stereocenters. The molecule has 0 aromatic carbocycles. The van der Waals surface area contributed by atoms with Gasteiger partial charge in [-0.3, -0.25) is 0 Å². The molecule has 1 fully saturated rings. The van der Waals surface area contributed by atoms with Crippen molar-refractivity contribution in [1.82, 2.24) is 15.5 Å². The topological polar surface area (TPSA) is 60.2 Å². The average Bonchev–Trinajstić information content (AvgIpc) is 3.01. The summed E-state index contributed by atoms with van der Waals surface area (Å²) in [5.74, 6) is 1.27. The zero-order valence-corrected chi connectivity index (χ0v) is 9.90. The zero-order valence-electron chi connectivity index (χ0n) is 9.90. The summed E-state index contributed by atoms with van der Waals surface area (Å²) in [6.45, 7) is 2.92. The zero-order chi connectivity index (χ0) is 11.4. The van der Waals surface area contributed by atoms with E-state index in [2.05, 4.69) is 15.5 Å². The smallest absolute Gasteiger partial charge is 0.244 e. The van der Waals surface area contributed by atoms with Gasteiger partial charge in [-0.25, -0.2) is 0 Å². The minimum atomic E-state index is -0.120. The van der Waals surface area contributed by atoms with E-state index in [0.29, 0.717) is 11.8 Å². The molecule has 16 heavy (non-hydrogen) atoms. The molecule has 0 saturated heterocycles. The van der Waals surface area contributed by atoms with E-state index in [1.807, 2.05) is 6.92 Å². The van der Waals surface area contributed by atoms with Crippen molar-refractivity contribution in [2.45, 2.75) is 44.8 Å². The molecule has 0 bridgehead atoms. The molecule has 1 aromatic heterocycles. The van der Waals surface area contributed by atoms with Crippen LogP contribution in [0.1, 0.15) is 44.1 Å². The van der Waals surface area contributed by atoms with Crippen LogP contribution < -0.4 is 5.32 Å². The minimum absolute atomic E-state index is 0.120. The Labute approximate surface area is 95.6 Å². The molecular formula is C11H19N3O2. The molecule has 5 heteroatoms. The summed E-state index contributed by atoms with van der Waals surface area (Å²) < 4.78 is 10.6. The lowest BCUT2D eigenvalue weighted by Gasteiger charge is -2.02. The summed E-state index contributed by atoms with van der Waals surface area (Å²) in [6.07, 6.45) is 4.42. The number of aryl methyl sites for hydroxylation is 1. The maximum atomic E-state index is 5.48. The Hall–Kier alpha value is -0.940. The van der Waals surface area contributed by atoms with Gasteiger partial charge in [-0.05, 0) is 32.7 Å². The van der Waals surface area contributed by atoms with E-state index < -0.39 is 0 Å². The first-order chi connectivity index (χ1) is 7.79. The number of hydrogen-bond acceptors (Lipinski definition) is 5. The van der Waals surface area contributed by atoms with Crippen LogP contribution in [-0.2, 0) is 11.2 Å². The number of methoxy groups -OCH3 is 1. The van der Waals surface area contributed by atoms with E-state index in [1.165, 1.54) is 12.8 Å². The second-order valence-electron chi connectivity index (χ2n) is 4.24. The van der Waals surface area contributed by atoms with Crippen molar-refractivity contribution in [3.8, 4) is 0 Å². The number of hydrogen-bond donors (Lipinski definition) is 1. The summed E-state index contributed by atoms with van der Waals surface area (Å²) in [4.78, 5) is 0. The first-order valence-electron chi connectivity index (χ1n) is 5.88. The van der Waals surface area contributed by atoms with E-state index in [4.69, 9.17) is 9.15 Å². The lowest BCUT2D eigenvalue weighted by atomic mass is 10.3. The quantitative estimate of drug-likeness (QED) is 0.712. The van der Waals surface area contributed by atoms with Crippen LogP contribution in [0.15, 0.2) is 4.42 Å². The van der Waals surface area contributed by atoms with Crippen LogP contribution >= 0.6 is 0 Å². The van der Waals surface area contributed by atoms with E-state index in [-0.39, 0.29) is 6.10 Å². The van der Waals surface area contributed by atoms with Crippen LogP contribution in [0.5, 0.6) is 0 Å². The van der Waals surface area contributed by atoms with Crippen LogP contribution in [-0.4, -0.2) is 29.9 Å². The van der Waals surface area contributed by atoms with Crippen molar-refractivity contribution in [2.24, 2.45) is 0 Å². The maximum absolute atomic E-state index is 5.48. The summed E-state index contributed by atoms with van der Waals surface area (Å²) >= 11 is 0. The summed E-state index contributed by atoms with van der Waals surface area (Å²) in [5, 5.41) is 11.4. The monoisotopic (exact) mass is 225 g/mol. The highest BCUT2D eigenvalue weighted by atomic mass is 16.5. The molecular weight excluding hydrogens is 206 g/mol. The lowest BCUT2D eigenvalue weighted by Crippen LogP contribution is -2.17. The third kappa shape index (κ3) is 3.28. The third-order valence-corrected chi connectivity index (χ3v) is 2.76. The lowest BCUT2D eigenvalue weighted by molar-refractivity contribution is 0.0935. The highest BCUT2D eigenvalue weighted by molar-refractivity contribution is 4.86. The Bertz CT molecular complexity index is 323. The molecule has 1 aliphatic rings. The van der Waals surface area contributed by atoms with Gasteiger partial charge in [0.15, 0.2) is 0 Å². The number of nitrogens with zero attached hydrogens (tertiary/aromatic N) is 2. The highest BCUT2D eigenvalue weighted by Gasteiger charge is 2.19. The SMILES string of the molecule is COC(C)c1nnc(CCCNC2CC2)o1. The Kier molecular flexibility index (Phi) is 3.90. The van der Waals surface area contributed by atoms with E-state index >= 15 is 0 Å². The van der Waals surface area contributed by atoms with Crippen LogP contribution in [0.4, 0.5) is 0 Å².